The van der Waals surface area contributed by atoms with Gasteiger partial charge in [0.25, 0.3) is 0 Å². The van der Waals surface area contributed by atoms with Crippen molar-refractivity contribution in [3.63, 3.8) is 0 Å². The van der Waals surface area contributed by atoms with Gasteiger partial charge in [-0.15, -0.1) is 0 Å². The van der Waals surface area contributed by atoms with Crippen molar-refractivity contribution in [1.82, 2.24) is 0 Å². The summed E-state index contributed by atoms with van der Waals surface area (Å²) in [6.07, 6.45) is 1.45. The van der Waals surface area contributed by atoms with Gasteiger partial charge in [0.2, 0.25) is 0 Å². The maximum Gasteiger partial charge on any atom is 0.411 e. The van der Waals surface area contributed by atoms with Crippen molar-refractivity contribution in [3.05, 3.63) is 76.7 Å². The third-order valence-electron chi connectivity index (χ3n) is 5.01. The molecule has 0 saturated carbocycles. The number of benzene rings is 2. The normalized spacial score (nSPS) is 12.2. The molecule has 0 saturated heterocycles. The highest BCUT2D eigenvalue weighted by Gasteiger charge is 2.15. The van der Waals surface area contributed by atoms with E-state index in [1.165, 1.54) is 0 Å². The van der Waals surface area contributed by atoms with Crippen molar-refractivity contribution < 1.29 is 29.3 Å². The van der Waals surface area contributed by atoms with Gasteiger partial charge in [-0.3, -0.25) is 10.1 Å². The van der Waals surface area contributed by atoms with Gasteiger partial charge in [-0.2, -0.15) is 0 Å². The van der Waals surface area contributed by atoms with Gasteiger partial charge in [0.15, 0.2) is 0 Å². The summed E-state index contributed by atoms with van der Waals surface area (Å²) in [6.45, 7) is 7.58. The van der Waals surface area contributed by atoms with Crippen LogP contribution in [0.25, 0.3) is 5.57 Å². The summed E-state index contributed by atoms with van der Waals surface area (Å²) in [6, 6.07) is 12.3. The largest absolute Gasteiger partial charge is 0.512 e. The smallest absolute Gasteiger partial charge is 0.411 e. The summed E-state index contributed by atoms with van der Waals surface area (Å²) in [5.74, 6) is -0.0356. The van der Waals surface area contributed by atoms with Crippen LogP contribution in [0.4, 0.5) is 10.5 Å². The van der Waals surface area contributed by atoms with Crippen molar-refractivity contribution in [2.75, 3.05) is 5.32 Å². The molecular weight excluding hydrogens is 448 g/mol. The maximum atomic E-state index is 12.0. The first-order valence-electron chi connectivity index (χ1n) is 11.6. The van der Waals surface area contributed by atoms with Crippen LogP contribution in [0.1, 0.15) is 57.2 Å². The predicted molar refractivity (Wildman–Crippen MR) is 136 cm³/mol. The van der Waals surface area contributed by atoms with Gasteiger partial charge in [0.05, 0.1) is 18.3 Å². The van der Waals surface area contributed by atoms with E-state index in [9.17, 15) is 19.8 Å². The van der Waals surface area contributed by atoms with E-state index in [1.54, 1.807) is 38.1 Å². The van der Waals surface area contributed by atoms with E-state index in [4.69, 9.17) is 15.2 Å². The minimum Gasteiger partial charge on any atom is -0.512 e. The highest BCUT2D eigenvalue weighted by molar-refractivity contribution is 5.85. The maximum absolute atomic E-state index is 12.0. The van der Waals surface area contributed by atoms with E-state index >= 15 is 0 Å². The summed E-state index contributed by atoms with van der Waals surface area (Å²) in [4.78, 5) is 23.4. The summed E-state index contributed by atoms with van der Waals surface area (Å²) >= 11 is 0. The van der Waals surface area contributed by atoms with Crippen molar-refractivity contribution in [3.8, 4) is 5.75 Å². The number of hydrogen-bond acceptors (Lipinski definition) is 6. The summed E-state index contributed by atoms with van der Waals surface area (Å²) in [7, 11) is 0. The number of aliphatic carboxylic acids is 1. The number of carboxylic acids is 1. The molecule has 188 valence electrons. The van der Waals surface area contributed by atoms with Crippen molar-refractivity contribution >= 4 is 23.3 Å². The van der Waals surface area contributed by atoms with Gasteiger partial charge in [-0.1, -0.05) is 38.1 Å². The Bertz CT molecular complexity index is 1100. The number of carboxylic acid groups (broad SMARTS) is 1. The molecule has 0 radical (unpaired) electrons. The van der Waals surface area contributed by atoms with Crippen molar-refractivity contribution in [2.45, 2.75) is 59.6 Å². The zero-order valence-corrected chi connectivity index (χ0v) is 20.6. The first-order chi connectivity index (χ1) is 16.7. The fourth-order valence-corrected chi connectivity index (χ4v) is 3.29. The van der Waals surface area contributed by atoms with Crippen molar-refractivity contribution in [2.24, 2.45) is 5.73 Å². The molecule has 35 heavy (non-hydrogen) atoms. The molecule has 0 bridgehead atoms. The fourth-order valence-electron chi connectivity index (χ4n) is 3.29. The molecule has 0 spiro atoms. The van der Waals surface area contributed by atoms with Crippen LogP contribution in [0.2, 0.25) is 0 Å². The molecule has 0 heterocycles. The third kappa shape index (κ3) is 8.50. The van der Waals surface area contributed by atoms with Crippen LogP contribution in [0.5, 0.6) is 5.75 Å². The number of ether oxygens (including phenoxy) is 2. The fraction of sp³-hybridized carbons (Fsp3) is 0.333. The molecule has 0 unspecified atom stereocenters. The Hall–Kier alpha value is -3.78. The van der Waals surface area contributed by atoms with Crippen LogP contribution < -0.4 is 15.8 Å². The molecule has 0 atom stereocenters. The molecule has 2 aromatic rings. The molecule has 0 aromatic heterocycles. The van der Waals surface area contributed by atoms with Crippen molar-refractivity contribution in [1.29, 1.82) is 0 Å². The molecule has 8 nitrogen and oxygen atoms in total. The van der Waals surface area contributed by atoms with Crippen LogP contribution in [-0.2, 0) is 22.5 Å². The molecule has 2 aromatic carbocycles. The first-order valence-corrected chi connectivity index (χ1v) is 11.6. The van der Waals surface area contributed by atoms with Gasteiger partial charge in [0.1, 0.15) is 11.5 Å². The molecule has 5 N–H and O–H groups in total. The van der Waals surface area contributed by atoms with Crippen LogP contribution in [0, 0.1) is 0 Å². The summed E-state index contributed by atoms with van der Waals surface area (Å²) < 4.78 is 11.2. The molecule has 0 aliphatic rings. The number of carbonyl (C=O) groups excluding carboxylic acids is 1. The Morgan fingerprint density at radius 2 is 1.83 bits per heavy atom. The van der Waals surface area contributed by atoms with E-state index in [0.29, 0.717) is 42.0 Å². The number of anilines is 1. The summed E-state index contributed by atoms with van der Waals surface area (Å²) in [5.41, 5.74) is 8.93. The van der Waals surface area contributed by atoms with Crippen LogP contribution >= 0.6 is 0 Å². The van der Waals surface area contributed by atoms with Crippen LogP contribution in [-0.4, -0.2) is 28.4 Å². The Labute approximate surface area is 206 Å². The first kappa shape index (κ1) is 27.5. The Morgan fingerprint density at radius 3 is 2.43 bits per heavy atom. The molecule has 1 amide bonds. The van der Waals surface area contributed by atoms with E-state index in [2.05, 4.69) is 5.32 Å². The third-order valence-corrected chi connectivity index (χ3v) is 5.01. The van der Waals surface area contributed by atoms with Gasteiger partial charge in [0, 0.05) is 42.3 Å². The lowest BCUT2D eigenvalue weighted by molar-refractivity contribution is -0.136. The molecule has 8 heteroatoms. The Kier molecular flexibility index (Phi) is 10.4. The number of rotatable bonds is 11. The minimum absolute atomic E-state index is 0.186. The monoisotopic (exact) mass is 482 g/mol. The molecule has 0 fully saturated rings. The number of nitrogens with two attached hydrogens (primary N) is 1. The standard InChI is InChI=1S/C27H34N2O6/c1-5-22(15-23(24(30)6-2)19-9-7-8-18(12-19)16-28)35-25-14-21(29-27(33)34-17(3)4)11-10-20(25)13-26(31)32/h7-12,14-15,17,30H,5-6,13,16,28H2,1-4H3,(H,29,33)(H,31,32)/b22-15+,24-23-. The second kappa shape index (κ2) is 13.2. The van der Waals surface area contributed by atoms with E-state index < -0.39 is 12.1 Å². The van der Waals surface area contributed by atoms with Gasteiger partial charge >= 0.3 is 12.1 Å². The molecule has 2 rings (SSSR count). The Morgan fingerprint density at radius 1 is 1.09 bits per heavy atom. The number of carbonyl (C=O) groups is 2. The second-order valence-corrected chi connectivity index (χ2v) is 8.16. The molecule has 0 aliphatic heterocycles. The lowest BCUT2D eigenvalue weighted by atomic mass is 10.00. The van der Waals surface area contributed by atoms with Crippen LogP contribution in [0.15, 0.2) is 60.1 Å². The number of allylic oxidation sites excluding steroid dienone is 4. The topological polar surface area (TPSA) is 131 Å². The zero-order chi connectivity index (χ0) is 26.0. The average Bonchev–Trinajstić information content (AvgIpc) is 2.81. The SMILES string of the molecule is CC/C(O)=C(\C=C(/CC)Oc1cc(NC(=O)OC(C)C)ccc1CC(=O)O)c1cccc(CN)c1. The lowest BCUT2D eigenvalue weighted by Crippen LogP contribution is -2.18. The van der Waals surface area contributed by atoms with E-state index in [-0.39, 0.29) is 24.0 Å². The minimum atomic E-state index is -1.01. The van der Waals surface area contributed by atoms with E-state index in [0.717, 1.165) is 11.1 Å². The summed E-state index contributed by atoms with van der Waals surface area (Å²) in [5, 5.41) is 22.6. The average molecular weight is 483 g/mol. The van der Waals surface area contributed by atoms with Crippen LogP contribution in [0.3, 0.4) is 0 Å². The highest BCUT2D eigenvalue weighted by atomic mass is 16.6. The van der Waals surface area contributed by atoms with Gasteiger partial charge in [-0.05, 0) is 43.2 Å². The number of nitrogens with one attached hydrogen (secondary N) is 1. The quantitative estimate of drug-likeness (QED) is 0.236. The zero-order valence-electron chi connectivity index (χ0n) is 20.6. The molecular formula is C27H34N2O6. The number of amides is 1. The van der Waals surface area contributed by atoms with E-state index in [1.807, 2.05) is 38.1 Å². The number of aliphatic hydroxyl groups is 1. The van der Waals surface area contributed by atoms with Gasteiger partial charge in [-0.25, -0.2) is 4.79 Å². The number of aliphatic hydroxyl groups excluding tert-OH is 1. The number of hydrogen-bond donors (Lipinski definition) is 4. The van der Waals surface area contributed by atoms with Gasteiger partial charge < -0.3 is 25.4 Å². The lowest BCUT2D eigenvalue weighted by Gasteiger charge is -2.16. The molecule has 0 aliphatic carbocycles. The highest BCUT2D eigenvalue weighted by Crippen LogP contribution is 2.29. The predicted octanol–water partition coefficient (Wildman–Crippen LogP) is 5.78. The Balaban J connectivity index is 2.47. The second-order valence-electron chi connectivity index (χ2n) is 8.16.